The molecule has 8 heteroatoms. The summed E-state index contributed by atoms with van der Waals surface area (Å²) in [6.45, 7) is 2.81. The normalized spacial score (nSPS) is 10.6. The number of likely N-dealkylation sites (N-methyl/N-ethyl adjacent to an activating group) is 1. The van der Waals surface area contributed by atoms with Crippen molar-refractivity contribution < 1.29 is 9.66 Å². The van der Waals surface area contributed by atoms with Gasteiger partial charge in [0.25, 0.3) is 0 Å². The molecule has 0 fully saturated rings. The quantitative estimate of drug-likeness (QED) is 0.351. The number of methoxy groups -OCH3 is 1. The minimum absolute atomic E-state index is 0.0467. The summed E-state index contributed by atoms with van der Waals surface area (Å²) in [6, 6.07) is 4.93. The summed E-state index contributed by atoms with van der Waals surface area (Å²) in [4.78, 5) is 12.7. The van der Waals surface area contributed by atoms with Crippen molar-refractivity contribution in [2.75, 3.05) is 51.1 Å². The van der Waals surface area contributed by atoms with E-state index in [9.17, 15) is 10.1 Å². The van der Waals surface area contributed by atoms with Gasteiger partial charge in [0.1, 0.15) is 11.4 Å². The summed E-state index contributed by atoms with van der Waals surface area (Å²) in [5, 5.41) is 14.1. The first-order valence-corrected chi connectivity index (χ1v) is 6.25. The van der Waals surface area contributed by atoms with E-state index >= 15 is 0 Å². The van der Waals surface area contributed by atoms with Gasteiger partial charge in [-0.15, -0.1) is 0 Å². The Morgan fingerprint density at radius 2 is 2.10 bits per heavy atom. The Hall–Kier alpha value is -1.90. The van der Waals surface area contributed by atoms with Gasteiger partial charge in [0, 0.05) is 26.7 Å². The van der Waals surface area contributed by atoms with Gasteiger partial charge in [-0.25, -0.2) is 0 Å². The fourth-order valence-corrected chi connectivity index (χ4v) is 1.74. The Bertz CT molecular complexity index is 441. The molecule has 0 aliphatic rings. The molecule has 0 aromatic heterocycles. The lowest BCUT2D eigenvalue weighted by atomic mass is 10.2. The molecule has 1 aromatic carbocycles. The van der Waals surface area contributed by atoms with Crippen LogP contribution in [0.15, 0.2) is 18.2 Å². The van der Waals surface area contributed by atoms with E-state index < -0.39 is 4.92 Å². The highest BCUT2D eigenvalue weighted by Crippen LogP contribution is 2.31. The fraction of sp³-hybridized carbons (Fsp3) is 0.500. The Balaban J connectivity index is 2.62. The third-order valence-electron chi connectivity index (χ3n) is 2.86. The number of hydrogen-bond acceptors (Lipinski definition) is 7. The van der Waals surface area contributed by atoms with Gasteiger partial charge in [0.2, 0.25) is 0 Å². The van der Waals surface area contributed by atoms with E-state index in [2.05, 4.69) is 15.6 Å². The topological polar surface area (TPSA) is 106 Å². The molecule has 0 saturated heterocycles. The molecule has 0 saturated carbocycles. The van der Waals surface area contributed by atoms with Crippen molar-refractivity contribution >= 4 is 17.1 Å². The molecule has 0 amide bonds. The van der Waals surface area contributed by atoms with Crippen LogP contribution in [0.3, 0.4) is 0 Å². The molecule has 8 nitrogen and oxygen atoms in total. The number of nitrogens with two attached hydrogens (primary N) is 1. The van der Waals surface area contributed by atoms with E-state index in [1.165, 1.54) is 0 Å². The Kier molecular flexibility index (Phi) is 6.71. The minimum Gasteiger partial charge on any atom is -0.383 e. The maximum Gasteiger partial charge on any atom is 0.316 e. The molecule has 0 bridgehead atoms. The van der Waals surface area contributed by atoms with Crippen molar-refractivity contribution in [1.82, 2.24) is 4.90 Å². The van der Waals surface area contributed by atoms with Crippen molar-refractivity contribution in [1.29, 1.82) is 0 Å². The highest BCUT2D eigenvalue weighted by atomic mass is 16.6. The lowest BCUT2D eigenvalue weighted by Gasteiger charge is -2.17. The second kappa shape index (κ2) is 8.31. The van der Waals surface area contributed by atoms with Gasteiger partial charge in [-0.3, -0.25) is 16.0 Å². The lowest BCUT2D eigenvalue weighted by molar-refractivity contribution is -0.383. The molecule has 4 N–H and O–H groups in total. The number of para-hydroxylation sites is 1. The van der Waals surface area contributed by atoms with Crippen LogP contribution in [0, 0.1) is 10.1 Å². The van der Waals surface area contributed by atoms with Crippen molar-refractivity contribution in [3.05, 3.63) is 28.3 Å². The molecule has 0 aliphatic heterocycles. The van der Waals surface area contributed by atoms with Gasteiger partial charge in [-0.1, -0.05) is 6.07 Å². The van der Waals surface area contributed by atoms with Crippen LogP contribution in [0.4, 0.5) is 17.1 Å². The summed E-state index contributed by atoms with van der Waals surface area (Å²) in [6.07, 6.45) is 0. The van der Waals surface area contributed by atoms with E-state index in [-0.39, 0.29) is 11.4 Å². The van der Waals surface area contributed by atoms with Crippen LogP contribution in [0.2, 0.25) is 0 Å². The van der Waals surface area contributed by atoms with Crippen LogP contribution >= 0.6 is 0 Å². The second-order valence-corrected chi connectivity index (χ2v) is 4.33. The summed E-state index contributed by atoms with van der Waals surface area (Å²) in [5.74, 6) is 5.28. The Labute approximate surface area is 118 Å². The van der Waals surface area contributed by atoms with E-state index in [0.29, 0.717) is 18.8 Å². The number of nitro groups is 1. The Morgan fingerprint density at radius 3 is 2.70 bits per heavy atom. The van der Waals surface area contributed by atoms with Crippen molar-refractivity contribution in [2.24, 2.45) is 5.84 Å². The number of benzene rings is 1. The molecule has 0 radical (unpaired) electrons. The number of anilines is 2. The zero-order valence-electron chi connectivity index (χ0n) is 11.8. The molecule has 0 unspecified atom stereocenters. The molecule has 0 heterocycles. The van der Waals surface area contributed by atoms with Crippen LogP contribution in [-0.4, -0.2) is 50.2 Å². The third-order valence-corrected chi connectivity index (χ3v) is 2.86. The van der Waals surface area contributed by atoms with Crippen molar-refractivity contribution in [3.8, 4) is 0 Å². The number of hydrazine groups is 1. The van der Waals surface area contributed by atoms with Crippen LogP contribution in [-0.2, 0) is 4.74 Å². The molecule has 20 heavy (non-hydrogen) atoms. The average molecular weight is 283 g/mol. The zero-order chi connectivity index (χ0) is 15.0. The van der Waals surface area contributed by atoms with Crippen molar-refractivity contribution in [2.45, 2.75) is 0 Å². The zero-order valence-corrected chi connectivity index (χ0v) is 11.8. The fourth-order valence-electron chi connectivity index (χ4n) is 1.74. The molecule has 112 valence electrons. The summed E-state index contributed by atoms with van der Waals surface area (Å²) in [7, 11) is 3.62. The van der Waals surface area contributed by atoms with Gasteiger partial charge in [0.15, 0.2) is 0 Å². The Morgan fingerprint density at radius 1 is 1.40 bits per heavy atom. The van der Waals surface area contributed by atoms with Crippen LogP contribution in [0.1, 0.15) is 0 Å². The number of ether oxygens (including phenoxy) is 1. The minimum atomic E-state index is -0.452. The average Bonchev–Trinajstić information content (AvgIpc) is 2.44. The van der Waals surface area contributed by atoms with Gasteiger partial charge in [-0.2, -0.15) is 0 Å². The van der Waals surface area contributed by atoms with E-state index in [4.69, 9.17) is 10.6 Å². The highest BCUT2D eigenvalue weighted by molar-refractivity contribution is 5.75. The lowest BCUT2D eigenvalue weighted by Crippen LogP contribution is -2.28. The molecule has 0 spiro atoms. The van der Waals surface area contributed by atoms with Gasteiger partial charge in [-0.05, 0) is 19.2 Å². The van der Waals surface area contributed by atoms with Crippen molar-refractivity contribution in [3.63, 3.8) is 0 Å². The second-order valence-electron chi connectivity index (χ2n) is 4.33. The first kappa shape index (κ1) is 16.2. The summed E-state index contributed by atoms with van der Waals surface area (Å²) in [5.41, 5.74) is 3.02. The molecule has 1 aromatic rings. The maximum absolute atomic E-state index is 11.1. The smallest absolute Gasteiger partial charge is 0.316 e. The largest absolute Gasteiger partial charge is 0.383 e. The number of rotatable bonds is 9. The van der Waals surface area contributed by atoms with Crippen LogP contribution in [0.25, 0.3) is 0 Å². The van der Waals surface area contributed by atoms with Gasteiger partial charge >= 0.3 is 5.69 Å². The highest BCUT2D eigenvalue weighted by Gasteiger charge is 2.18. The molecule has 1 rings (SSSR count). The van der Waals surface area contributed by atoms with Crippen LogP contribution < -0.4 is 16.6 Å². The first-order valence-electron chi connectivity index (χ1n) is 6.25. The van der Waals surface area contributed by atoms with E-state index in [0.717, 1.165) is 13.1 Å². The molecular formula is C12H21N5O3. The predicted octanol–water partition coefficient (Wildman–Crippen LogP) is 0.870. The summed E-state index contributed by atoms with van der Waals surface area (Å²) >= 11 is 0. The number of nitro benzene ring substituents is 1. The number of nitrogen functional groups attached to an aromatic ring is 1. The van der Waals surface area contributed by atoms with E-state index in [1.54, 1.807) is 25.3 Å². The maximum atomic E-state index is 11.1. The molecular weight excluding hydrogens is 262 g/mol. The number of hydrogen-bond donors (Lipinski definition) is 3. The summed E-state index contributed by atoms with van der Waals surface area (Å²) < 4.78 is 4.98. The number of nitrogens with zero attached hydrogens (tertiary/aromatic N) is 2. The first-order chi connectivity index (χ1) is 9.60. The monoisotopic (exact) mass is 283 g/mol. The predicted molar refractivity (Wildman–Crippen MR) is 78.8 cm³/mol. The van der Waals surface area contributed by atoms with Gasteiger partial charge in [0.05, 0.1) is 11.5 Å². The molecule has 0 atom stereocenters. The standard InChI is InChI=1S/C12H21N5O3/c1-16(8-9-20-2)7-6-14-10-4-3-5-11(15-13)12(10)17(18)19/h3-5,14-15H,6-9,13H2,1-2H3. The number of nitrogens with one attached hydrogen (secondary N) is 2. The SMILES string of the molecule is COCCN(C)CCNc1cccc(NN)c1[N+](=O)[O-]. The van der Waals surface area contributed by atoms with E-state index in [1.807, 2.05) is 7.05 Å². The van der Waals surface area contributed by atoms with Gasteiger partial charge < -0.3 is 20.4 Å². The molecule has 0 aliphatic carbocycles. The third kappa shape index (κ3) is 4.65. The van der Waals surface area contributed by atoms with Crippen LogP contribution in [0.5, 0.6) is 0 Å².